The lowest BCUT2D eigenvalue weighted by Gasteiger charge is -2.36. The number of rotatable bonds is 3. The van der Waals surface area contributed by atoms with Crippen LogP contribution >= 0.6 is 0 Å². The van der Waals surface area contributed by atoms with E-state index in [0.29, 0.717) is 30.2 Å². The highest BCUT2D eigenvalue weighted by molar-refractivity contribution is 7.91. The Balaban J connectivity index is 1.71. The molecule has 2 heterocycles. The van der Waals surface area contributed by atoms with Gasteiger partial charge in [0, 0.05) is 24.4 Å². The molecule has 3 N–H and O–H groups in total. The summed E-state index contributed by atoms with van der Waals surface area (Å²) in [5, 5.41) is 0. The number of hydrogen-bond acceptors (Lipinski definition) is 5. The summed E-state index contributed by atoms with van der Waals surface area (Å²) in [5.41, 5.74) is 6.24. The minimum absolute atomic E-state index is 0.0902. The number of amidine groups is 1. The molecule has 9 heteroatoms. The molecule has 1 aromatic carbocycles. The molecular formula is C18H26N4O4S. The van der Waals surface area contributed by atoms with Gasteiger partial charge in [-0.05, 0) is 25.0 Å². The van der Waals surface area contributed by atoms with Gasteiger partial charge in [-0.3, -0.25) is 9.52 Å². The maximum absolute atomic E-state index is 12.5. The second-order valence-corrected chi connectivity index (χ2v) is 9.39. The van der Waals surface area contributed by atoms with Crippen molar-refractivity contribution in [1.29, 1.82) is 0 Å². The first-order valence-corrected chi connectivity index (χ1v) is 10.4. The Hall–Kier alpha value is -2.29. The number of ether oxygens (including phenoxy) is 1. The summed E-state index contributed by atoms with van der Waals surface area (Å²) >= 11 is 0. The van der Waals surface area contributed by atoms with Crippen molar-refractivity contribution in [3.63, 3.8) is 0 Å². The van der Waals surface area contributed by atoms with Crippen LogP contribution in [-0.4, -0.2) is 44.8 Å². The van der Waals surface area contributed by atoms with Crippen LogP contribution in [0, 0.1) is 11.3 Å². The smallest absolute Gasteiger partial charge is 0.344 e. The maximum Gasteiger partial charge on any atom is 0.344 e. The van der Waals surface area contributed by atoms with E-state index in [4.69, 9.17) is 10.5 Å². The van der Waals surface area contributed by atoms with Crippen molar-refractivity contribution in [2.75, 3.05) is 24.4 Å². The minimum Gasteiger partial charge on any atom is -0.492 e. The van der Waals surface area contributed by atoms with Crippen LogP contribution in [0.25, 0.3) is 0 Å². The van der Waals surface area contributed by atoms with Gasteiger partial charge in [-0.2, -0.15) is 8.42 Å². The highest BCUT2D eigenvalue weighted by atomic mass is 32.2. The first-order chi connectivity index (χ1) is 12.6. The van der Waals surface area contributed by atoms with E-state index in [9.17, 15) is 13.2 Å². The lowest BCUT2D eigenvalue weighted by atomic mass is 9.91. The average Bonchev–Trinajstić information content (AvgIpc) is 2.57. The number of nitrogens with two attached hydrogens (primary N) is 1. The van der Waals surface area contributed by atoms with Gasteiger partial charge < -0.3 is 15.4 Å². The van der Waals surface area contributed by atoms with Crippen LogP contribution in [0.15, 0.2) is 22.6 Å². The molecule has 3 rings (SSSR count). The van der Waals surface area contributed by atoms with Crippen LogP contribution in [0.4, 0.5) is 5.69 Å². The monoisotopic (exact) mass is 394 g/mol. The largest absolute Gasteiger partial charge is 0.492 e. The molecule has 0 aromatic heterocycles. The van der Waals surface area contributed by atoms with E-state index in [0.717, 1.165) is 19.4 Å². The van der Waals surface area contributed by atoms with Crippen LogP contribution in [0.1, 0.15) is 39.2 Å². The third-order valence-corrected chi connectivity index (χ3v) is 5.58. The molecular weight excluding hydrogens is 368 g/mol. The highest BCUT2D eigenvalue weighted by Crippen LogP contribution is 2.31. The van der Waals surface area contributed by atoms with Crippen LogP contribution in [0.5, 0.6) is 5.75 Å². The van der Waals surface area contributed by atoms with Crippen LogP contribution in [-0.2, 0) is 15.0 Å². The molecule has 27 heavy (non-hydrogen) atoms. The number of benzene rings is 1. The molecule has 2 aliphatic heterocycles. The van der Waals surface area contributed by atoms with Crippen molar-refractivity contribution in [2.24, 2.45) is 21.5 Å². The molecule has 0 saturated carbocycles. The third kappa shape index (κ3) is 4.35. The van der Waals surface area contributed by atoms with E-state index < -0.39 is 15.6 Å². The topological polar surface area (TPSA) is 114 Å². The number of fused-ring (bicyclic) bond motifs is 1. The van der Waals surface area contributed by atoms with Gasteiger partial charge in [0.05, 0.1) is 17.9 Å². The molecule has 1 amide bonds. The van der Waals surface area contributed by atoms with Gasteiger partial charge in [0.2, 0.25) is 5.91 Å². The number of carbonyl (C=O) groups excluding carboxylic acids is 1. The number of anilines is 1. The van der Waals surface area contributed by atoms with Crippen molar-refractivity contribution in [2.45, 2.75) is 33.6 Å². The maximum atomic E-state index is 12.5. The number of amides is 1. The van der Waals surface area contributed by atoms with Gasteiger partial charge in [-0.15, -0.1) is 4.40 Å². The molecule has 1 aromatic rings. The van der Waals surface area contributed by atoms with Gasteiger partial charge in [-0.1, -0.05) is 26.8 Å². The van der Waals surface area contributed by atoms with Crippen LogP contribution < -0.4 is 15.2 Å². The number of carbonyl (C=O) groups is 1. The van der Waals surface area contributed by atoms with E-state index in [1.165, 1.54) is 0 Å². The Morgan fingerprint density at radius 1 is 1.41 bits per heavy atom. The Morgan fingerprint density at radius 3 is 2.85 bits per heavy atom. The molecule has 2 aliphatic rings. The first-order valence-electron chi connectivity index (χ1n) is 9.00. The second kappa shape index (κ2) is 7.03. The molecule has 0 radical (unpaired) electrons. The lowest BCUT2D eigenvalue weighted by molar-refractivity contribution is -0.141. The molecule has 8 nitrogen and oxygen atoms in total. The number of nitrogens with zero attached hydrogens (tertiary/aromatic N) is 2. The van der Waals surface area contributed by atoms with Crippen molar-refractivity contribution < 1.29 is 17.9 Å². The highest BCUT2D eigenvalue weighted by Gasteiger charge is 2.31. The fraction of sp³-hybridized carbons (Fsp3) is 0.556. The Labute approximate surface area is 160 Å². The fourth-order valence-corrected chi connectivity index (χ4v) is 4.25. The molecule has 1 fully saturated rings. The summed E-state index contributed by atoms with van der Waals surface area (Å²) in [6.45, 7) is 7.62. The van der Waals surface area contributed by atoms with E-state index in [1.807, 2.05) is 25.7 Å². The Kier molecular flexibility index (Phi) is 5.07. The van der Waals surface area contributed by atoms with E-state index in [1.54, 1.807) is 18.2 Å². The molecule has 1 atom stereocenters. The molecule has 0 spiro atoms. The predicted molar refractivity (Wildman–Crippen MR) is 104 cm³/mol. The molecule has 0 unspecified atom stereocenters. The van der Waals surface area contributed by atoms with Gasteiger partial charge in [-0.25, -0.2) is 0 Å². The quantitative estimate of drug-likeness (QED) is 0.810. The van der Waals surface area contributed by atoms with Crippen molar-refractivity contribution in [3.05, 3.63) is 23.8 Å². The van der Waals surface area contributed by atoms with Crippen molar-refractivity contribution in [3.8, 4) is 5.75 Å². The summed E-state index contributed by atoms with van der Waals surface area (Å²) in [6.07, 6.45) is 1.91. The summed E-state index contributed by atoms with van der Waals surface area (Å²) in [5.74, 6) is 0.748. The average molecular weight is 394 g/mol. The lowest BCUT2D eigenvalue weighted by Crippen LogP contribution is -2.46. The SMILES string of the molecule is CC(C)(C)C(=O)N1CCC[C@H](COc2cccc3c2C(N)=NS(=O)(=O)N3)C1. The fourth-order valence-electron chi connectivity index (χ4n) is 3.41. The Bertz CT molecular complexity index is 874. The molecule has 1 saturated heterocycles. The summed E-state index contributed by atoms with van der Waals surface area (Å²) in [4.78, 5) is 14.4. The van der Waals surface area contributed by atoms with Gasteiger partial charge in [0.1, 0.15) is 5.75 Å². The van der Waals surface area contributed by atoms with E-state index in [-0.39, 0.29) is 17.7 Å². The van der Waals surface area contributed by atoms with Gasteiger partial charge in [0.25, 0.3) is 0 Å². The number of hydrogen-bond donors (Lipinski definition) is 2. The van der Waals surface area contributed by atoms with Crippen molar-refractivity contribution in [1.82, 2.24) is 4.90 Å². The Morgan fingerprint density at radius 2 is 2.15 bits per heavy atom. The summed E-state index contributed by atoms with van der Waals surface area (Å²) in [7, 11) is -3.82. The number of likely N-dealkylation sites (tertiary alicyclic amines) is 1. The van der Waals surface area contributed by atoms with E-state index >= 15 is 0 Å². The molecule has 0 bridgehead atoms. The van der Waals surface area contributed by atoms with Crippen LogP contribution in [0.2, 0.25) is 0 Å². The zero-order valence-corrected chi connectivity index (χ0v) is 16.7. The second-order valence-electron chi connectivity index (χ2n) is 8.05. The number of nitrogens with one attached hydrogen (secondary N) is 1. The summed E-state index contributed by atoms with van der Waals surface area (Å²) in [6, 6.07) is 5.05. The number of piperidine rings is 1. The molecule has 0 aliphatic carbocycles. The molecule has 148 valence electrons. The first kappa shape index (κ1) is 19.5. The predicted octanol–water partition coefficient (Wildman–Crippen LogP) is 1.73. The van der Waals surface area contributed by atoms with E-state index in [2.05, 4.69) is 9.12 Å². The third-order valence-electron chi connectivity index (χ3n) is 4.66. The van der Waals surface area contributed by atoms with Gasteiger partial charge in [0.15, 0.2) is 5.84 Å². The summed E-state index contributed by atoms with van der Waals surface area (Å²) < 4.78 is 35.1. The zero-order valence-electron chi connectivity index (χ0n) is 15.9. The standard InChI is InChI=1S/C18H26N4O4S/c1-18(2,3)17(23)22-9-5-6-12(10-22)11-26-14-8-4-7-13-15(14)16(19)21-27(24,25)20-13/h4,7-8,12,20H,5-6,9-11H2,1-3H3,(H2,19,21)/t12-/m0/s1. The van der Waals surface area contributed by atoms with Gasteiger partial charge >= 0.3 is 10.2 Å². The van der Waals surface area contributed by atoms with Crippen molar-refractivity contribution >= 4 is 27.6 Å². The zero-order chi connectivity index (χ0) is 19.8. The van der Waals surface area contributed by atoms with Crippen LogP contribution in [0.3, 0.4) is 0 Å². The normalized spacial score (nSPS) is 21.7. The minimum atomic E-state index is -3.82.